The molecule has 1 aromatic rings. The van der Waals surface area contributed by atoms with E-state index >= 15 is 0 Å². The van der Waals surface area contributed by atoms with Gasteiger partial charge in [0.2, 0.25) is 0 Å². The molecule has 0 aliphatic rings. The molecule has 1 N–H and O–H groups in total. The summed E-state index contributed by atoms with van der Waals surface area (Å²) in [5.74, 6) is 0.926. The predicted molar refractivity (Wildman–Crippen MR) is 71.9 cm³/mol. The maximum Gasteiger partial charge on any atom is 0.133 e. The van der Waals surface area contributed by atoms with Crippen LogP contribution in [0.1, 0.15) is 32.8 Å². The third kappa shape index (κ3) is 4.14. The Kier molecular flexibility index (Phi) is 5.85. The largest absolute Gasteiger partial charge is 0.490 e. The van der Waals surface area contributed by atoms with Crippen LogP contribution in [0.5, 0.6) is 5.75 Å². The topological polar surface area (TPSA) is 21.3 Å². The van der Waals surface area contributed by atoms with Gasteiger partial charge in [0, 0.05) is 6.54 Å². The first-order chi connectivity index (χ1) is 7.67. The Morgan fingerprint density at radius 1 is 1.38 bits per heavy atom. The molecule has 2 nitrogen and oxygen atoms in total. The molecule has 16 heavy (non-hydrogen) atoms. The first kappa shape index (κ1) is 13.5. The maximum absolute atomic E-state index is 5.79. The average molecular weight is 286 g/mol. The number of rotatable bonds is 6. The third-order valence-corrected chi connectivity index (χ3v) is 3.10. The van der Waals surface area contributed by atoms with E-state index in [1.165, 1.54) is 5.56 Å². The summed E-state index contributed by atoms with van der Waals surface area (Å²) in [4.78, 5) is 0. The van der Waals surface area contributed by atoms with Crippen molar-refractivity contribution in [1.82, 2.24) is 5.32 Å². The van der Waals surface area contributed by atoms with Crippen LogP contribution in [0.25, 0.3) is 0 Å². The summed E-state index contributed by atoms with van der Waals surface area (Å²) in [6.07, 6.45) is 1.28. The fraction of sp³-hybridized carbons (Fsp3) is 0.538. The quantitative estimate of drug-likeness (QED) is 0.860. The highest BCUT2D eigenvalue weighted by Gasteiger charge is 2.06. The third-order valence-electron chi connectivity index (χ3n) is 2.48. The van der Waals surface area contributed by atoms with Crippen molar-refractivity contribution in [3.8, 4) is 5.75 Å². The van der Waals surface area contributed by atoms with E-state index in [1.54, 1.807) is 0 Å². The Balaban J connectivity index is 2.67. The van der Waals surface area contributed by atoms with Gasteiger partial charge < -0.3 is 10.1 Å². The lowest BCUT2D eigenvalue weighted by molar-refractivity contribution is 0.216. The summed E-state index contributed by atoms with van der Waals surface area (Å²) >= 11 is 3.54. The van der Waals surface area contributed by atoms with E-state index in [1.807, 2.05) is 6.07 Å². The fourth-order valence-electron chi connectivity index (χ4n) is 1.32. The van der Waals surface area contributed by atoms with Crippen molar-refractivity contribution in [2.75, 3.05) is 6.54 Å². The normalized spacial score (nSPS) is 12.5. The number of halogens is 1. The second-order valence-electron chi connectivity index (χ2n) is 3.88. The van der Waals surface area contributed by atoms with Crippen LogP contribution in [0.2, 0.25) is 0 Å². The van der Waals surface area contributed by atoms with Gasteiger partial charge in [0.05, 0.1) is 10.6 Å². The van der Waals surface area contributed by atoms with Crippen LogP contribution in [0.4, 0.5) is 0 Å². The number of hydrogen-bond donors (Lipinski definition) is 1. The van der Waals surface area contributed by atoms with Gasteiger partial charge in [0.1, 0.15) is 5.75 Å². The molecule has 1 unspecified atom stereocenters. The minimum absolute atomic E-state index is 0.260. The Hall–Kier alpha value is -0.540. The van der Waals surface area contributed by atoms with Crippen molar-refractivity contribution in [2.45, 2.75) is 39.8 Å². The van der Waals surface area contributed by atoms with E-state index in [0.29, 0.717) is 0 Å². The standard InChI is InChI=1S/C13H20BrNO/c1-4-10(3)16-13-7-6-11(8-12(13)14)9-15-5-2/h6-8,10,15H,4-5,9H2,1-3H3. The van der Waals surface area contributed by atoms with Crippen LogP contribution in [-0.2, 0) is 6.54 Å². The smallest absolute Gasteiger partial charge is 0.133 e. The zero-order valence-electron chi connectivity index (χ0n) is 10.2. The molecule has 0 radical (unpaired) electrons. The van der Waals surface area contributed by atoms with Gasteiger partial charge in [-0.05, 0) is 53.5 Å². The van der Waals surface area contributed by atoms with Gasteiger partial charge in [-0.2, -0.15) is 0 Å². The minimum Gasteiger partial charge on any atom is -0.490 e. The van der Waals surface area contributed by atoms with Crippen LogP contribution in [0.3, 0.4) is 0 Å². The first-order valence-corrected chi connectivity index (χ1v) is 6.62. The average Bonchev–Trinajstić information content (AvgIpc) is 2.29. The van der Waals surface area contributed by atoms with Crippen molar-refractivity contribution in [3.05, 3.63) is 28.2 Å². The lowest BCUT2D eigenvalue weighted by atomic mass is 10.2. The molecule has 0 aliphatic carbocycles. The maximum atomic E-state index is 5.79. The molecule has 0 aliphatic heterocycles. The van der Waals surface area contributed by atoms with Crippen LogP contribution < -0.4 is 10.1 Å². The number of ether oxygens (including phenoxy) is 1. The Morgan fingerprint density at radius 2 is 2.12 bits per heavy atom. The molecule has 0 bridgehead atoms. The predicted octanol–water partition coefficient (Wildman–Crippen LogP) is 3.74. The van der Waals surface area contributed by atoms with Crippen molar-refractivity contribution in [3.63, 3.8) is 0 Å². The van der Waals surface area contributed by atoms with Gasteiger partial charge >= 0.3 is 0 Å². The summed E-state index contributed by atoms with van der Waals surface area (Å²) in [6, 6.07) is 6.24. The van der Waals surface area contributed by atoms with E-state index in [-0.39, 0.29) is 6.10 Å². The van der Waals surface area contributed by atoms with Crippen LogP contribution in [0, 0.1) is 0 Å². The molecular formula is C13H20BrNO. The van der Waals surface area contributed by atoms with Crippen molar-refractivity contribution >= 4 is 15.9 Å². The van der Waals surface area contributed by atoms with E-state index in [2.05, 4.69) is 54.2 Å². The molecule has 0 fully saturated rings. The van der Waals surface area contributed by atoms with Crippen molar-refractivity contribution < 1.29 is 4.74 Å². The second-order valence-corrected chi connectivity index (χ2v) is 4.74. The van der Waals surface area contributed by atoms with Crippen molar-refractivity contribution in [1.29, 1.82) is 0 Å². The second kappa shape index (κ2) is 6.92. The van der Waals surface area contributed by atoms with E-state index in [9.17, 15) is 0 Å². The summed E-state index contributed by atoms with van der Waals surface area (Å²) in [5.41, 5.74) is 1.27. The van der Waals surface area contributed by atoms with Gasteiger partial charge in [0.15, 0.2) is 0 Å². The molecule has 0 heterocycles. The van der Waals surface area contributed by atoms with Gasteiger partial charge in [-0.15, -0.1) is 0 Å². The zero-order valence-corrected chi connectivity index (χ0v) is 11.8. The summed E-state index contributed by atoms with van der Waals surface area (Å²) in [7, 11) is 0. The summed E-state index contributed by atoms with van der Waals surface area (Å²) in [5, 5.41) is 3.30. The molecule has 0 saturated carbocycles. The number of benzene rings is 1. The minimum atomic E-state index is 0.260. The Labute approximate surface area is 107 Å². The molecule has 0 saturated heterocycles. The lowest BCUT2D eigenvalue weighted by Crippen LogP contribution is -2.12. The highest BCUT2D eigenvalue weighted by atomic mass is 79.9. The Morgan fingerprint density at radius 3 is 2.69 bits per heavy atom. The Bertz CT molecular complexity index is 328. The summed E-state index contributed by atoms with van der Waals surface area (Å²) < 4.78 is 6.82. The molecule has 1 rings (SSSR count). The molecule has 0 spiro atoms. The van der Waals surface area contributed by atoms with Gasteiger partial charge in [-0.3, -0.25) is 0 Å². The molecule has 1 atom stereocenters. The SMILES string of the molecule is CCNCc1ccc(OC(C)CC)c(Br)c1. The molecule has 0 amide bonds. The monoisotopic (exact) mass is 285 g/mol. The van der Waals surface area contributed by atoms with Gasteiger partial charge in [-0.25, -0.2) is 0 Å². The molecule has 0 aromatic heterocycles. The first-order valence-electron chi connectivity index (χ1n) is 5.83. The van der Waals surface area contributed by atoms with E-state index in [0.717, 1.165) is 29.7 Å². The fourth-order valence-corrected chi connectivity index (χ4v) is 1.84. The van der Waals surface area contributed by atoms with E-state index < -0.39 is 0 Å². The van der Waals surface area contributed by atoms with Gasteiger partial charge in [0.25, 0.3) is 0 Å². The molecule has 1 aromatic carbocycles. The number of nitrogens with one attached hydrogen (secondary N) is 1. The van der Waals surface area contributed by atoms with Crippen LogP contribution in [0.15, 0.2) is 22.7 Å². The summed E-state index contributed by atoms with van der Waals surface area (Å²) in [6.45, 7) is 8.20. The zero-order chi connectivity index (χ0) is 12.0. The lowest BCUT2D eigenvalue weighted by Gasteiger charge is -2.14. The van der Waals surface area contributed by atoms with Crippen LogP contribution >= 0.6 is 15.9 Å². The highest BCUT2D eigenvalue weighted by Crippen LogP contribution is 2.27. The van der Waals surface area contributed by atoms with E-state index in [4.69, 9.17) is 4.74 Å². The highest BCUT2D eigenvalue weighted by molar-refractivity contribution is 9.10. The molecule has 90 valence electrons. The number of hydrogen-bond acceptors (Lipinski definition) is 2. The van der Waals surface area contributed by atoms with Gasteiger partial charge in [-0.1, -0.05) is 19.9 Å². The molecular weight excluding hydrogens is 266 g/mol. The van der Waals surface area contributed by atoms with Crippen molar-refractivity contribution in [2.24, 2.45) is 0 Å². The van der Waals surface area contributed by atoms with Crippen LogP contribution in [-0.4, -0.2) is 12.6 Å². The molecule has 3 heteroatoms.